The first-order chi connectivity index (χ1) is 15.9. The molecule has 4 nitrogen and oxygen atoms in total. The molecule has 4 aromatic rings. The maximum absolute atomic E-state index is 14.2. The molecular formula is C28H31N3OS. The van der Waals surface area contributed by atoms with Crippen molar-refractivity contribution in [3.63, 3.8) is 0 Å². The maximum Gasteiger partial charge on any atom is 0.240 e. The topological polar surface area (TPSA) is 36.4 Å². The van der Waals surface area contributed by atoms with Crippen molar-refractivity contribution in [1.82, 2.24) is 9.88 Å². The molecule has 0 unspecified atom stereocenters. The lowest BCUT2D eigenvalue weighted by Gasteiger charge is -2.26. The summed E-state index contributed by atoms with van der Waals surface area (Å²) in [6, 6.07) is 24.5. The van der Waals surface area contributed by atoms with Crippen LogP contribution in [0.3, 0.4) is 0 Å². The average molecular weight is 458 g/mol. The van der Waals surface area contributed by atoms with Gasteiger partial charge in [-0.2, -0.15) is 0 Å². The van der Waals surface area contributed by atoms with Crippen LogP contribution in [0.15, 0.2) is 72.8 Å². The lowest BCUT2D eigenvalue weighted by molar-refractivity contribution is -0.119. The fraction of sp³-hybridized carbons (Fsp3) is 0.286. The number of rotatable bonds is 8. The van der Waals surface area contributed by atoms with Crippen molar-refractivity contribution in [3.8, 4) is 0 Å². The molecule has 0 bridgehead atoms. The Balaban J connectivity index is 1.78. The molecule has 0 aliphatic rings. The third-order valence-corrected chi connectivity index (χ3v) is 6.84. The first-order valence-corrected chi connectivity index (χ1v) is 12.2. The molecule has 0 saturated heterocycles. The molecule has 33 heavy (non-hydrogen) atoms. The fourth-order valence-corrected chi connectivity index (χ4v) is 5.42. The van der Waals surface area contributed by atoms with Gasteiger partial charge in [0.25, 0.3) is 0 Å². The zero-order valence-corrected chi connectivity index (χ0v) is 20.6. The summed E-state index contributed by atoms with van der Waals surface area (Å²) in [5.41, 5.74) is 5.35. The Morgan fingerprint density at radius 3 is 2.09 bits per heavy atom. The van der Waals surface area contributed by atoms with Gasteiger partial charge in [-0.1, -0.05) is 78.1 Å². The van der Waals surface area contributed by atoms with Crippen LogP contribution in [0.1, 0.15) is 34.6 Å². The second kappa shape index (κ2) is 10.3. The van der Waals surface area contributed by atoms with Crippen LogP contribution in [0.4, 0.5) is 5.13 Å². The number of thiazole rings is 1. The minimum absolute atomic E-state index is 0.0691. The van der Waals surface area contributed by atoms with E-state index in [9.17, 15) is 4.79 Å². The molecule has 0 fully saturated rings. The monoisotopic (exact) mass is 457 g/mol. The van der Waals surface area contributed by atoms with Gasteiger partial charge in [-0.15, -0.1) is 0 Å². The van der Waals surface area contributed by atoms with E-state index in [1.165, 1.54) is 5.56 Å². The Bertz CT molecular complexity index is 1180. The van der Waals surface area contributed by atoms with Crippen LogP contribution in [-0.4, -0.2) is 43.0 Å². The van der Waals surface area contributed by atoms with E-state index in [2.05, 4.69) is 45.0 Å². The van der Waals surface area contributed by atoms with Crippen LogP contribution in [0.25, 0.3) is 10.2 Å². The van der Waals surface area contributed by atoms with Gasteiger partial charge in [0.2, 0.25) is 5.91 Å². The van der Waals surface area contributed by atoms with Crippen molar-refractivity contribution in [2.75, 3.05) is 32.1 Å². The number of carbonyl (C=O) groups excluding carboxylic acids is 1. The minimum Gasteiger partial charge on any atom is -0.309 e. The summed E-state index contributed by atoms with van der Waals surface area (Å²) in [5.74, 6) is -0.304. The number of carbonyl (C=O) groups is 1. The molecule has 4 rings (SSSR count). The van der Waals surface area contributed by atoms with E-state index in [-0.39, 0.29) is 11.8 Å². The van der Waals surface area contributed by atoms with E-state index in [1.807, 2.05) is 65.6 Å². The van der Waals surface area contributed by atoms with Crippen LogP contribution in [0, 0.1) is 13.8 Å². The lowest BCUT2D eigenvalue weighted by atomic mass is 9.90. The summed E-state index contributed by atoms with van der Waals surface area (Å²) in [7, 11) is 4.12. The third kappa shape index (κ3) is 5.32. The molecule has 1 heterocycles. The summed E-state index contributed by atoms with van der Waals surface area (Å²) >= 11 is 1.61. The lowest BCUT2D eigenvalue weighted by Crippen LogP contribution is -2.37. The predicted octanol–water partition coefficient (Wildman–Crippen LogP) is 6.03. The molecule has 0 saturated carbocycles. The van der Waals surface area contributed by atoms with Gasteiger partial charge in [0.05, 0.1) is 16.1 Å². The summed E-state index contributed by atoms with van der Waals surface area (Å²) in [6.45, 7) is 5.74. The van der Waals surface area contributed by atoms with E-state index < -0.39 is 0 Å². The number of benzene rings is 3. The predicted molar refractivity (Wildman–Crippen MR) is 139 cm³/mol. The highest BCUT2D eigenvalue weighted by Gasteiger charge is 2.30. The van der Waals surface area contributed by atoms with Crippen molar-refractivity contribution in [2.45, 2.75) is 26.2 Å². The molecule has 0 N–H and O–H groups in total. The molecule has 1 amide bonds. The van der Waals surface area contributed by atoms with Gasteiger partial charge >= 0.3 is 0 Å². The van der Waals surface area contributed by atoms with E-state index in [0.29, 0.717) is 6.54 Å². The Labute approximate surface area is 200 Å². The van der Waals surface area contributed by atoms with E-state index in [4.69, 9.17) is 4.98 Å². The van der Waals surface area contributed by atoms with Crippen LogP contribution in [0.2, 0.25) is 0 Å². The molecule has 0 aliphatic heterocycles. The van der Waals surface area contributed by atoms with E-state index in [0.717, 1.165) is 45.0 Å². The molecule has 0 spiro atoms. The van der Waals surface area contributed by atoms with Crippen LogP contribution in [-0.2, 0) is 4.79 Å². The quantitative estimate of drug-likeness (QED) is 0.324. The van der Waals surface area contributed by atoms with Crippen molar-refractivity contribution >= 4 is 32.6 Å². The summed E-state index contributed by atoms with van der Waals surface area (Å²) in [5, 5.41) is 0.777. The van der Waals surface area contributed by atoms with Gasteiger partial charge in [0.15, 0.2) is 5.13 Å². The smallest absolute Gasteiger partial charge is 0.240 e. The molecule has 170 valence electrons. The molecule has 3 aromatic carbocycles. The van der Waals surface area contributed by atoms with Gasteiger partial charge in [0, 0.05) is 6.54 Å². The highest BCUT2D eigenvalue weighted by atomic mass is 32.1. The fourth-order valence-electron chi connectivity index (χ4n) is 4.24. The van der Waals surface area contributed by atoms with Crippen molar-refractivity contribution < 1.29 is 4.79 Å². The normalized spacial score (nSPS) is 11.5. The summed E-state index contributed by atoms with van der Waals surface area (Å²) in [6.07, 6.45) is 0.878. The number of anilines is 1. The number of hydrogen-bond donors (Lipinski definition) is 0. The number of amides is 1. The van der Waals surface area contributed by atoms with Gasteiger partial charge in [0.1, 0.15) is 0 Å². The van der Waals surface area contributed by atoms with E-state index >= 15 is 0 Å². The zero-order chi connectivity index (χ0) is 23.4. The minimum atomic E-state index is -0.374. The maximum atomic E-state index is 14.2. The Morgan fingerprint density at radius 1 is 0.909 bits per heavy atom. The van der Waals surface area contributed by atoms with Crippen LogP contribution >= 0.6 is 11.3 Å². The molecule has 5 heteroatoms. The molecular weight excluding hydrogens is 426 g/mol. The van der Waals surface area contributed by atoms with Gasteiger partial charge in [-0.3, -0.25) is 9.69 Å². The average Bonchev–Trinajstić information content (AvgIpc) is 3.22. The summed E-state index contributed by atoms with van der Waals surface area (Å²) in [4.78, 5) is 23.2. The Morgan fingerprint density at radius 2 is 1.52 bits per heavy atom. The second-order valence-electron chi connectivity index (χ2n) is 8.83. The highest BCUT2D eigenvalue weighted by molar-refractivity contribution is 7.22. The van der Waals surface area contributed by atoms with Gasteiger partial charge < -0.3 is 4.90 Å². The van der Waals surface area contributed by atoms with Crippen LogP contribution in [0.5, 0.6) is 0 Å². The van der Waals surface area contributed by atoms with Gasteiger partial charge in [-0.05, 0) is 69.2 Å². The number of aryl methyl sites for hydroxylation is 2. The SMILES string of the molecule is Cc1cc(C)c2nc(N(CCCN(C)C)C(=O)C(c3ccccc3)c3ccccc3)sc2c1. The highest BCUT2D eigenvalue weighted by Crippen LogP contribution is 2.35. The van der Waals surface area contributed by atoms with Gasteiger partial charge in [-0.25, -0.2) is 4.98 Å². The largest absolute Gasteiger partial charge is 0.309 e. The summed E-state index contributed by atoms with van der Waals surface area (Å²) < 4.78 is 1.13. The number of hydrogen-bond acceptors (Lipinski definition) is 4. The Kier molecular flexibility index (Phi) is 7.21. The molecule has 0 aliphatic carbocycles. The first-order valence-electron chi connectivity index (χ1n) is 11.4. The zero-order valence-electron chi connectivity index (χ0n) is 19.8. The number of fused-ring (bicyclic) bond motifs is 1. The van der Waals surface area contributed by atoms with Crippen molar-refractivity contribution in [3.05, 3.63) is 95.1 Å². The molecule has 1 aromatic heterocycles. The number of nitrogens with zero attached hydrogens (tertiary/aromatic N) is 3. The standard InChI is InChI=1S/C28H31N3OS/c1-20-18-21(2)26-24(19-20)33-28(29-26)31(17-11-16-30(3)4)27(32)25(22-12-7-5-8-13-22)23-14-9-6-10-15-23/h5-10,12-15,18-19,25H,11,16-17H2,1-4H3. The van der Waals surface area contributed by atoms with Crippen LogP contribution < -0.4 is 4.90 Å². The molecule has 0 atom stereocenters. The van der Waals surface area contributed by atoms with E-state index in [1.54, 1.807) is 11.3 Å². The Hall–Kier alpha value is -3.02. The van der Waals surface area contributed by atoms with Crippen molar-refractivity contribution in [2.24, 2.45) is 0 Å². The molecule has 0 radical (unpaired) electrons. The number of aromatic nitrogens is 1. The second-order valence-corrected chi connectivity index (χ2v) is 9.84. The third-order valence-electron chi connectivity index (χ3n) is 5.82. The first kappa shape index (κ1) is 23.1. The van der Waals surface area contributed by atoms with Crippen molar-refractivity contribution in [1.29, 1.82) is 0 Å².